The van der Waals surface area contributed by atoms with Gasteiger partial charge in [0.15, 0.2) is 0 Å². The average Bonchev–Trinajstić information content (AvgIpc) is 2.80. The van der Waals surface area contributed by atoms with Crippen LogP contribution in [0.1, 0.15) is 50.7 Å². The van der Waals surface area contributed by atoms with E-state index >= 15 is 0 Å². The van der Waals surface area contributed by atoms with Crippen LogP contribution in [-0.2, 0) is 22.6 Å². The number of nitrogens with zero attached hydrogens (tertiary/aromatic N) is 2. The molecule has 2 fully saturated rings. The summed E-state index contributed by atoms with van der Waals surface area (Å²) in [6.45, 7) is 10.4. The van der Waals surface area contributed by atoms with E-state index in [9.17, 15) is 9.59 Å². The van der Waals surface area contributed by atoms with Crippen LogP contribution >= 0.6 is 0 Å². The number of nitrogens with one attached hydrogen (secondary N) is 2. The van der Waals surface area contributed by atoms with Crippen molar-refractivity contribution in [2.75, 3.05) is 39.4 Å². The molecule has 3 amide bonds. The van der Waals surface area contributed by atoms with Gasteiger partial charge in [0.1, 0.15) is 0 Å². The SMILES string of the molecule is CCC(CC)C(=O)N1CCC(NC(=O)NCc2ccccc2CN2CCOCC2)CC1. The van der Waals surface area contributed by atoms with Crippen molar-refractivity contribution in [2.24, 2.45) is 5.92 Å². The third-order valence-corrected chi connectivity index (χ3v) is 6.53. The lowest BCUT2D eigenvalue weighted by Crippen LogP contribution is -2.50. The number of likely N-dealkylation sites (tertiary alicyclic amines) is 1. The van der Waals surface area contributed by atoms with Gasteiger partial charge in [-0.25, -0.2) is 4.79 Å². The maximum atomic E-state index is 12.5. The molecule has 172 valence electrons. The molecule has 0 aromatic heterocycles. The van der Waals surface area contributed by atoms with Gasteiger partial charge in [0.05, 0.1) is 13.2 Å². The first-order chi connectivity index (χ1) is 15.1. The van der Waals surface area contributed by atoms with Gasteiger partial charge in [-0.3, -0.25) is 9.69 Å². The van der Waals surface area contributed by atoms with Crippen molar-refractivity contribution in [3.63, 3.8) is 0 Å². The Bertz CT molecular complexity index is 709. The van der Waals surface area contributed by atoms with E-state index in [4.69, 9.17) is 4.74 Å². The topological polar surface area (TPSA) is 73.9 Å². The fourth-order valence-corrected chi connectivity index (χ4v) is 4.44. The zero-order chi connectivity index (χ0) is 22.1. The van der Waals surface area contributed by atoms with E-state index in [1.165, 1.54) is 5.56 Å². The highest BCUT2D eigenvalue weighted by atomic mass is 16.5. The number of amides is 3. The minimum absolute atomic E-state index is 0.120. The van der Waals surface area contributed by atoms with Gasteiger partial charge in [-0.1, -0.05) is 38.1 Å². The Labute approximate surface area is 186 Å². The van der Waals surface area contributed by atoms with Crippen LogP contribution in [0.4, 0.5) is 4.79 Å². The number of carbonyl (C=O) groups is 2. The number of rotatable bonds is 8. The molecule has 2 N–H and O–H groups in total. The van der Waals surface area contributed by atoms with Crippen LogP contribution in [0.3, 0.4) is 0 Å². The Kier molecular flexibility index (Phi) is 9.15. The number of hydrogen-bond donors (Lipinski definition) is 2. The van der Waals surface area contributed by atoms with E-state index in [1.54, 1.807) is 0 Å². The Balaban J connectivity index is 1.42. The van der Waals surface area contributed by atoms with Crippen LogP contribution in [0.5, 0.6) is 0 Å². The Hall–Kier alpha value is -2.12. The molecular formula is C24H38N4O3. The molecule has 2 heterocycles. The summed E-state index contributed by atoms with van der Waals surface area (Å²) in [5.74, 6) is 0.398. The van der Waals surface area contributed by atoms with Crippen molar-refractivity contribution in [1.29, 1.82) is 0 Å². The number of urea groups is 1. The van der Waals surface area contributed by atoms with Gasteiger partial charge < -0.3 is 20.3 Å². The van der Waals surface area contributed by atoms with Crippen molar-refractivity contribution in [3.8, 4) is 0 Å². The first kappa shape index (κ1) is 23.5. The molecule has 0 bridgehead atoms. The predicted octanol–water partition coefficient (Wildman–Crippen LogP) is 2.75. The quantitative estimate of drug-likeness (QED) is 0.665. The first-order valence-electron chi connectivity index (χ1n) is 11.8. The van der Waals surface area contributed by atoms with Crippen LogP contribution in [0.2, 0.25) is 0 Å². The van der Waals surface area contributed by atoms with Gasteiger partial charge >= 0.3 is 6.03 Å². The Morgan fingerprint density at radius 2 is 1.68 bits per heavy atom. The maximum absolute atomic E-state index is 12.5. The van der Waals surface area contributed by atoms with Crippen LogP contribution in [0.25, 0.3) is 0 Å². The van der Waals surface area contributed by atoms with E-state index in [-0.39, 0.29) is 23.9 Å². The third kappa shape index (κ3) is 6.94. The van der Waals surface area contributed by atoms with Gasteiger partial charge in [-0.15, -0.1) is 0 Å². The second kappa shape index (κ2) is 12.1. The zero-order valence-corrected chi connectivity index (χ0v) is 19.1. The highest BCUT2D eigenvalue weighted by Crippen LogP contribution is 2.17. The number of morpholine rings is 1. The summed E-state index contributed by atoms with van der Waals surface area (Å²) < 4.78 is 5.43. The minimum Gasteiger partial charge on any atom is -0.379 e. The highest BCUT2D eigenvalue weighted by molar-refractivity contribution is 5.79. The number of hydrogen-bond acceptors (Lipinski definition) is 4. The summed E-state index contributed by atoms with van der Waals surface area (Å²) >= 11 is 0. The van der Waals surface area contributed by atoms with Crippen LogP contribution in [0.15, 0.2) is 24.3 Å². The molecule has 2 saturated heterocycles. The van der Waals surface area contributed by atoms with Crippen molar-refractivity contribution in [3.05, 3.63) is 35.4 Å². The monoisotopic (exact) mass is 430 g/mol. The average molecular weight is 431 g/mol. The summed E-state index contributed by atoms with van der Waals surface area (Å²) in [6.07, 6.45) is 3.41. The van der Waals surface area contributed by atoms with Gasteiger partial charge in [-0.2, -0.15) is 0 Å². The van der Waals surface area contributed by atoms with Gasteiger partial charge in [0, 0.05) is 51.2 Å². The molecule has 31 heavy (non-hydrogen) atoms. The van der Waals surface area contributed by atoms with Crippen molar-refractivity contribution < 1.29 is 14.3 Å². The summed E-state index contributed by atoms with van der Waals surface area (Å²) in [6, 6.07) is 8.27. The fourth-order valence-electron chi connectivity index (χ4n) is 4.44. The minimum atomic E-state index is -0.133. The summed E-state index contributed by atoms with van der Waals surface area (Å²) in [5, 5.41) is 6.11. The molecule has 0 aliphatic carbocycles. The highest BCUT2D eigenvalue weighted by Gasteiger charge is 2.27. The Morgan fingerprint density at radius 1 is 1.03 bits per heavy atom. The van der Waals surface area contributed by atoms with Crippen molar-refractivity contribution in [1.82, 2.24) is 20.4 Å². The molecule has 0 radical (unpaired) electrons. The molecule has 2 aliphatic rings. The van der Waals surface area contributed by atoms with E-state index in [2.05, 4.69) is 47.6 Å². The molecule has 0 unspecified atom stereocenters. The van der Waals surface area contributed by atoms with Crippen LogP contribution < -0.4 is 10.6 Å². The summed E-state index contributed by atoms with van der Waals surface area (Å²) in [4.78, 5) is 29.4. The zero-order valence-electron chi connectivity index (χ0n) is 19.1. The molecular weight excluding hydrogens is 392 g/mol. The largest absolute Gasteiger partial charge is 0.379 e. The van der Waals surface area contributed by atoms with E-state index < -0.39 is 0 Å². The number of carbonyl (C=O) groups excluding carboxylic acids is 2. The molecule has 3 rings (SSSR count). The Morgan fingerprint density at radius 3 is 2.32 bits per heavy atom. The van der Waals surface area contributed by atoms with Crippen molar-refractivity contribution in [2.45, 2.75) is 58.7 Å². The molecule has 1 aromatic carbocycles. The molecule has 1 aromatic rings. The smallest absolute Gasteiger partial charge is 0.315 e. The summed E-state index contributed by atoms with van der Waals surface area (Å²) in [7, 11) is 0. The molecule has 0 spiro atoms. The van der Waals surface area contributed by atoms with Crippen LogP contribution in [-0.4, -0.2) is 67.2 Å². The van der Waals surface area contributed by atoms with E-state index in [0.717, 1.165) is 77.2 Å². The predicted molar refractivity (Wildman–Crippen MR) is 122 cm³/mol. The second-order valence-electron chi connectivity index (χ2n) is 8.60. The normalized spacial score (nSPS) is 18.2. The molecule has 7 nitrogen and oxygen atoms in total. The van der Waals surface area contributed by atoms with Gasteiger partial charge in [-0.05, 0) is 36.8 Å². The molecule has 0 atom stereocenters. The lowest BCUT2D eigenvalue weighted by molar-refractivity contribution is -0.136. The number of benzene rings is 1. The number of ether oxygens (including phenoxy) is 1. The molecule has 0 saturated carbocycles. The van der Waals surface area contributed by atoms with E-state index in [0.29, 0.717) is 6.54 Å². The standard InChI is InChI=1S/C24H38N4O3/c1-3-19(4-2)23(29)28-11-9-22(10-12-28)26-24(30)25-17-20-7-5-6-8-21(20)18-27-13-15-31-16-14-27/h5-8,19,22H,3-4,9-18H2,1-2H3,(H2,25,26,30). The van der Waals surface area contributed by atoms with Gasteiger partial charge in [0.2, 0.25) is 5.91 Å². The molecule has 7 heteroatoms. The fraction of sp³-hybridized carbons (Fsp3) is 0.667. The van der Waals surface area contributed by atoms with Gasteiger partial charge in [0.25, 0.3) is 0 Å². The third-order valence-electron chi connectivity index (χ3n) is 6.53. The maximum Gasteiger partial charge on any atom is 0.315 e. The molecule has 2 aliphatic heterocycles. The van der Waals surface area contributed by atoms with E-state index in [1.807, 2.05) is 11.0 Å². The van der Waals surface area contributed by atoms with Crippen LogP contribution in [0, 0.1) is 5.92 Å². The summed E-state index contributed by atoms with van der Waals surface area (Å²) in [5.41, 5.74) is 2.40. The second-order valence-corrected chi connectivity index (χ2v) is 8.60. The lowest BCUT2D eigenvalue weighted by atomic mass is 9.98. The number of piperidine rings is 1. The van der Waals surface area contributed by atoms with Crippen molar-refractivity contribution >= 4 is 11.9 Å². The lowest BCUT2D eigenvalue weighted by Gasteiger charge is -2.34. The first-order valence-corrected chi connectivity index (χ1v) is 11.8.